The van der Waals surface area contributed by atoms with E-state index in [0.29, 0.717) is 0 Å². The van der Waals surface area contributed by atoms with Crippen molar-refractivity contribution in [1.29, 1.82) is 0 Å². The molecule has 0 spiro atoms. The van der Waals surface area contributed by atoms with E-state index in [4.69, 9.17) is 0 Å². The van der Waals surface area contributed by atoms with E-state index in [1.807, 2.05) is 0 Å². The van der Waals surface area contributed by atoms with Crippen molar-refractivity contribution in [2.45, 2.75) is 0 Å². The third kappa shape index (κ3) is 8.84. The molecule has 0 nitrogen and oxygen atoms in total. The van der Waals surface area contributed by atoms with Gasteiger partial charge in [0, 0.05) is 0 Å². The molecule has 0 aliphatic carbocycles. The van der Waals surface area contributed by atoms with Crippen molar-refractivity contribution < 1.29 is 80.9 Å². The molecule has 8 radical (unpaired) electrons. The zero-order valence-electron chi connectivity index (χ0n) is 3.15. The minimum Gasteiger partial charge on any atom is -1.00 e. The molecule has 0 heterocycles. The second-order valence-corrected chi connectivity index (χ2v) is 0. The number of rotatable bonds is 0. The van der Waals surface area contributed by atoms with Crippen LogP contribution in [0, 0.1) is 0 Å². The van der Waals surface area contributed by atoms with E-state index in [1.54, 1.807) is 0 Å². The van der Waals surface area contributed by atoms with E-state index in [-0.39, 0.29) is 97.8 Å². The third-order valence-electron chi connectivity index (χ3n) is 0. The van der Waals surface area contributed by atoms with Gasteiger partial charge in [0.1, 0.15) is 0 Å². The van der Waals surface area contributed by atoms with Crippen LogP contribution in [0.25, 0.3) is 0 Å². The van der Waals surface area contributed by atoms with Gasteiger partial charge in [-0.15, -0.1) is 0 Å². The topological polar surface area (TPSA) is 0 Å². The van der Waals surface area contributed by atoms with Crippen molar-refractivity contribution in [3.63, 3.8) is 0 Å². The Hall–Kier alpha value is 2.77. The van der Waals surface area contributed by atoms with Gasteiger partial charge in [-0.2, -0.15) is 0 Å². The quantitative estimate of drug-likeness (QED) is 0.256. The molecule has 4 heavy (non-hydrogen) atoms. The summed E-state index contributed by atoms with van der Waals surface area (Å²) in [5.41, 5.74) is 0. The van der Waals surface area contributed by atoms with Crippen LogP contribution in [0.2, 0.25) is 0 Å². The number of hydrogen-bond donors (Lipinski definition) is 0. The Morgan fingerprint density at radius 1 is 0.750 bits per heavy atom. The summed E-state index contributed by atoms with van der Waals surface area (Å²) in [5.74, 6) is 0. The first kappa shape index (κ1) is 29.4. The van der Waals surface area contributed by atoms with Gasteiger partial charge in [0.15, 0.2) is 0 Å². The van der Waals surface area contributed by atoms with Gasteiger partial charge in [0.05, 0.1) is 0 Å². The normalized spacial score (nSPS) is 0. The van der Waals surface area contributed by atoms with Gasteiger partial charge in [0.25, 0.3) is 0 Å². The molecule has 0 bridgehead atoms. The molecule has 0 rings (SSSR count). The molecular formula is B2KNa. The van der Waals surface area contributed by atoms with E-state index in [1.165, 1.54) is 0 Å². The van der Waals surface area contributed by atoms with Gasteiger partial charge >= 0.3 is 80.9 Å². The van der Waals surface area contributed by atoms with Crippen LogP contribution < -0.4 is 80.9 Å². The molecule has 0 aromatic carbocycles. The van der Waals surface area contributed by atoms with Crippen LogP contribution in [0.5, 0.6) is 0 Å². The van der Waals surface area contributed by atoms with Crippen LogP contribution in [0.4, 0.5) is 0 Å². The van der Waals surface area contributed by atoms with Crippen molar-refractivity contribution in [3.8, 4) is 0 Å². The molecule has 0 fully saturated rings. The molecule has 0 aliphatic heterocycles. The van der Waals surface area contributed by atoms with Gasteiger partial charge in [-0.1, -0.05) is 0 Å². The Morgan fingerprint density at radius 3 is 0.750 bits per heavy atom. The Kier molecular flexibility index (Phi) is 126. The molecule has 0 aliphatic rings. The third-order valence-corrected chi connectivity index (χ3v) is 0. The molecule has 4 heteroatoms. The first-order valence-corrected chi connectivity index (χ1v) is 0. The minimum absolute atomic E-state index is 0. The average Bonchev–Trinajstić information content (AvgIpc) is 0. The smallest absolute Gasteiger partial charge is 1.00 e. The maximum atomic E-state index is 0. The fourth-order valence-corrected chi connectivity index (χ4v) is 0. The van der Waals surface area contributed by atoms with Crippen LogP contribution in [0.1, 0.15) is 0 Å². The van der Waals surface area contributed by atoms with Crippen molar-refractivity contribution in [2.75, 3.05) is 0 Å². The second-order valence-electron chi connectivity index (χ2n) is 0. The van der Waals surface area contributed by atoms with E-state index >= 15 is 0 Å². The SMILES string of the molecule is [B-].[B-].[K+].[Na+]. The number of hydrogen-bond acceptors (Lipinski definition) is 0. The first-order valence-electron chi connectivity index (χ1n) is 0. The van der Waals surface area contributed by atoms with Gasteiger partial charge < -0.3 is 16.8 Å². The molecule has 0 amide bonds. The predicted octanol–water partition coefficient (Wildman–Crippen LogP) is -6.75. The van der Waals surface area contributed by atoms with E-state index in [2.05, 4.69) is 0 Å². The van der Waals surface area contributed by atoms with Crippen LogP contribution in [0.15, 0.2) is 0 Å². The van der Waals surface area contributed by atoms with Gasteiger partial charge in [0.2, 0.25) is 0 Å². The fourth-order valence-electron chi connectivity index (χ4n) is 0. The predicted molar refractivity (Wildman–Crippen MR) is 11.5 cm³/mol. The molecule has 0 atom stereocenters. The van der Waals surface area contributed by atoms with Crippen LogP contribution in [0.3, 0.4) is 0 Å². The zero-order valence-corrected chi connectivity index (χ0v) is 8.28. The Bertz CT molecular complexity index is 6.00. The Morgan fingerprint density at radius 2 is 0.750 bits per heavy atom. The van der Waals surface area contributed by atoms with Crippen LogP contribution in [-0.4, -0.2) is 16.8 Å². The Balaban J connectivity index is 0. The van der Waals surface area contributed by atoms with Crippen LogP contribution in [-0.2, 0) is 0 Å². The summed E-state index contributed by atoms with van der Waals surface area (Å²) in [6.07, 6.45) is 0. The summed E-state index contributed by atoms with van der Waals surface area (Å²) >= 11 is 0. The molecule has 0 unspecified atom stereocenters. The van der Waals surface area contributed by atoms with Gasteiger partial charge in [-0.25, -0.2) is 0 Å². The van der Waals surface area contributed by atoms with Crippen molar-refractivity contribution in [2.24, 2.45) is 0 Å². The molecule has 0 aromatic rings. The maximum Gasteiger partial charge on any atom is 1.00 e. The maximum absolute atomic E-state index is 0. The second kappa shape index (κ2) is 17.1. The van der Waals surface area contributed by atoms with E-state index in [0.717, 1.165) is 0 Å². The monoisotopic (exact) mass is 84.0 g/mol. The molecule has 0 saturated carbocycles. The molecule has 8 valence electrons. The molecule has 0 saturated heterocycles. The summed E-state index contributed by atoms with van der Waals surface area (Å²) in [4.78, 5) is 0. The summed E-state index contributed by atoms with van der Waals surface area (Å²) < 4.78 is 0. The van der Waals surface area contributed by atoms with E-state index in [9.17, 15) is 0 Å². The summed E-state index contributed by atoms with van der Waals surface area (Å²) in [5, 5.41) is 0. The molecular weight excluding hydrogens is 83.7 g/mol. The minimum atomic E-state index is 0. The Labute approximate surface area is 95.3 Å². The van der Waals surface area contributed by atoms with Crippen molar-refractivity contribution >= 4 is 16.8 Å². The summed E-state index contributed by atoms with van der Waals surface area (Å²) in [6, 6.07) is 0. The zero-order chi connectivity index (χ0) is 0. The molecule has 0 N–H and O–H groups in total. The first-order chi connectivity index (χ1) is 0. The average molecular weight is 83.7 g/mol. The largest absolute Gasteiger partial charge is 1.00 e. The van der Waals surface area contributed by atoms with Crippen molar-refractivity contribution in [1.82, 2.24) is 0 Å². The molecule has 0 aromatic heterocycles. The fraction of sp³-hybridized carbons (Fsp3) is 0. The van der Waals surface area contributed by atoms with E-state index < -0.39 is 0 Å². The van der Waals surface area contributed by atoms with Gasteiger partial charge in [-0.05, 0) is 0 Å². The van der Waals surface area contributed by atoms with Gasteiger partial charge in [-0.3, -0.25) is 0 Å². The summed E-state index contributed by atoms with van der Waals surface area (Å²) in [7, 11) is 0. The van der Waals surface area contributed by atoms with Crippen molar-refractivity contribution in [3.05, 3.63) is 0 Å². The standard InChI is InChI=1S/2B.K.Na/q2*-1;2*+1. The van der Waals surface area contributed by atoms with Crippen LogP contribution >= 0.6 is 0 Å². The summed E-state index contributed by atoms with van der Waals surface area (Å²) in [6.45, 7) is 0.